The van der Waals surface area contributed by atoms with Crippen LogP contribution < -0.4 is 5.73 Å². The smallest absolute Gasteiger partial charge is 0.115 e. The average molecular weight is 189 g/mol. The van der Waals surface area contributed by atoms with E-state index >= 15 is 0 Å². The minimum Gasteiger partial charge on any atom is -0.508 e. The molecule has 1 aromatic carbocycles. The summed E-state index contributed by atoms with van der Waals surface area (Å²) in [5, 5.41) is 9.13. The fourth-order valence-electron chi connectivity index (χ4n) is 1.38. The minimum absolute atomic E-state index is 0.256. The van der Waals surface area contributed by atoms with Gasteiger partial charge < -0.3 is 15.3 Å². The van der Waals surface area contributed by atoms with Gasteiger partial charge in [0.25, 0.3) is 0 Å². The molecule has 3 nitrogen and oxygen atoms in total. The van der Waals surface area contributed by atoms with Crippen molar-refractivity contribution in [2.75, 3.05) is 0 Å². The van der Waals surface area contributed by atoms with Crippen molar-refractivity contribution in [2.45, 2.75) is 6.54 Å². The number of phenols is 1. The molecule has 1 heterocycles. The topological polar surface area (TPSA) is 59.4 Å². The minimum atomic E-state index is 0.256. The summed E-state index contributed by atoms with van der Waals surface area (Å²) in [6.45, 7) is 0.451. The maximum absolute atomic E-state index is 9.13. The van der Waals surface area contributed by atoms with Crippen LogP contribution in [0.15, 0.2) is 41.2 Å². The molecule has 0 aliphatic carbocycles. The van der Waals surface area contributed by atoms with Crippen LogP contribution in [0.5, 0.6) is 5.75 Å². The first kappa shape index (κ1) is 8.84. The summed E-state index contributed by atoms with van der Waals surface area (Å²) >= 11 is 0. The summed E-state index contributed by atoms with van der Waals surface area (Å²) in [5.41, 5.74) is 8.50. The lowest BCUT2D eigenvalue weighted by Crippen LogP contribution is -1.95. The number of rotatable bonds is 2. The zero-order valence-corrected chi connectivity index (χ0v) is 7.60. The zero-order valence-electron chi connectivity index (χ0n) is 7.60. The van der Waals surface area contributed by atoms with Crippen molar-refractivity contribution in [1.29, 1.82) is 0 Å². The Balaban J connectivity index is 2.44. The van der Waals surface area contributed by atoms with Crippen LogP contribution in [0.2, 0.25) is 0 Å². The van der Waals surface area contributed by atoms with Crippen molar-refractivity contribution in [3.63, 3.8) is 0 Å². The van der Waals surface area contributed by atoms with Gasteiger partial charge in [-0.2, -0.15) is 0 Å². The Labute approximate surface area is 81.8 Å². The first-order chi connectivity index (χ1) is 6.81. The third kappa shape index (κ3) is 1.49. The predicted octanol–water partition coefficient (Wildman–Crippen LogP) is 2.11. The number of furan rings is 1. The monoisotopic (exact) mass is 189 g/mol. The number of benzene rings is 1. The molecule has 0 aliphatic heterocycles. The third-order valence-corrected chi connectivity index (χ3v) is 2.14. The van der Waals surface area contributed by atoms with Gasteiger partial charge in [-0.1, -0.05) is 12.1 Å². The van der Waals surface area contributed by atoms with Crippen LogP contribution in [-0.2, 0) is 6.54 Å². The van der Waals surface area contributed by atoms with Gasteiger partial charge in [-0.25, -0.2) is 0 Å². The summed E-state index contributed by atoms with van der Waals surface area (Å²) in [4.78, 5) is 0. The molecule has 14 heavy (non-hydrogen) atoms. The fourth-order valence-corrected chi connectivity index (χ4v) is 1.38. The van der Waals surface area contributed by atoms with Gasteiger partial charge in [0.05, 0.1) is 12.5 Å². The molecule has 2 rings (SSSR count). The Hall–Kier alpha value is -1.74. The summed E-state index contributed by atoms with van der Waals surface area (Å²) in [5.74, 6) is 0.256. The van der Waals surface area contributed by atoms with E-state index in [9.17, 15) is 0 Å². The molecule has 2 aromatic rings. The highest BCUT2D eigenvalue weighted by Gasteiger charge is 2.05. The quantitative estimate of drug-likeness (QED) is 0.760. The lowest BCUT2D eigenvalue weighted by atomic mass is 10.0. The van der Waals surface area contributed by atoms with E-state index in [4.69, 9.17) is 15.3 Å². The van der Waals surface area contributed by atoms with Crippen LogP contribution in [0.4, 0.5) is 0 Å². The first-order valence-electron chi connectivity index (χ1n) is 4.36. The molecule has 0 radical (unpaired) electrons. The van der Waals surface area contributed by atoms with Gasteiger partial charge >= 0.3 is 0 Å². The Morgan fingerprint density at radius 3 is 2.50 bits per heavy atom. The second-order valence-electron chi connectivity index (χ2n) is 3.06. The second kappa shape index (κ2) is 3.55. The van der Waals surface area contributed by atoms with Crippen LogP contribution in [0.25, 0.3) is 11.1 Å². The van der Waals surface area contributed by atoms with E-state index in [1.165, 1.54) is 0 Å². The fraction of sp³-hybridized carbons (Fsp3) is 0.0909. The average Bonchev–Trinajstić information content (AvgIpc) is 2.67. The normalized spacial score (nSPS) is 10.4. The highest BCUT2D eigenvalue weighted by atomic mass is 16.3. The Morgan fingerprint density at radius 2 is 1.86 bits per heavy atom. The lowest BCUT2D eigenvalue weighted by molar-refractivity contribution is 0.475. The molecule has 0 atom stereocenters. The molecule has 0 amide bonds. The SMILES string of the molecule is NCc1cocc1-c1ccc(O)cc1. The highest BCUT2D eigenvalue weighted by Crippen LogP contribution is 2.25. The molecule has 0 aliphatic rings. The molecule has 0 fully saturated rings. The molecule has 0 spiro atoms. The molecule has 72 valence electrons. The van der Waals surface area contributed by atoms with E-state index in [-0.39, 0.29) is 5.75 Å². The predicted molar refractivity (Wildman–Crippen MR) is 53.7 cm³/mol. The summed E-state index contributed by atoms with van der Waals surface area (Å²) < 4.78 is 5.08. The number of hydrogen-bond acceptors (Lipinski definition) is 3. The molecule has 0 bridgehead atoms. The Morgan fingerprint density at radius 1 is 1.14 bits per heavy atom. The van der Waals surface area contributed by atoms with Crippen LogP contribution in [0.1, 0.15) is 5.56 Å². The van der Waals surface area contributed by atoms with Gasteiger partial charge in [0.15, 0.2) is 0 Å². The van der Waals surface area contributed by atoms with Crippen LogP contribution in [0.3, 0.4) is 0 Å². The number of aromatic hydroxyl groups is 1. The van der Waals surface area contributed by atoms with Gasteiger partial charge in [0.1, 0.15) is 5.75 Å². The molecule has 3 N–H and O–H groups in total. The molecule has 3 heteroatoms. The summed E-state index contributed by atoms with van der Waals surface area (Å²) in [6.07, 6.45) is 3.30. The van der Waals surface area contributed by atoms with Crippen molar-refractivity contribution in [2.24, 2.45) is 5.73 Å². The van der Waals surface area contributed by atoms with Crippen LogP contribution in [-0.4, -0.2) is 5.11 Å². The Kier molecular flexibility index (Phi) is 2.24. The Bertz CT molecular complexity index is 417. The van der Waals surface area contributed by atoms with E-state index < -0.39 is 0 Å². The van der Waals surface area contributed by atoms with Gasteiger partial charge in [-0.15, -0.1) is 0 Å². The number of nitrogens with two attached hydrogens (primary N) is 1. The maximum Gasteiger partial charge on any atom is 0.115 e. The van der Waals surface area contributed by atoms with Crippen molar-refractivity contribution in [1.82, 2.24) is 0 Å². The lowest BCUT2D eigenvalue weighted by Gasteiger charge is -2.00. The number of hydrogen-bond donors (Lipinski definition) is 2. The van der Waals surface area contributed by atoms with E-state index in [1.54, 1.807) is 24.7 Å². The van der Waals surface area contributed by atoms with Crippen LogP contribution >= 0.6 is 0 Å². The van der Waals surface area contributed by atoms with Gasteiger partial charge in [0, 0.05) is 17.7 Å². The van der Waals surface area contributed by atoms with Crippen molar-refractivity contribution in [3.8, 4) is 16.9 Å². The highest BCUT2D eigenvalue weighted by molar-refractivity contribution is 5.66. The number of phenolic OH excluding ortho intramolecular Hbond substituents is 1. The van der Waals surface area contributed by atoms with E-state index in [0.717, 1.165) is 16.7 Å². The molecule has 1 aromatic heterocycles. The zero-order chi connectivity index (χ0) is 9.97. The summed E-state index contributed by atoms with van der Waals surface area (Å²) in [7, 11) is 0. The molecule has 0 saturated carbocycles. The molecule has 0 unspecified atom stereocenters. The molecule has 0 saturated heterocycles. The van der Waals surface area contributed by atoms with Crippen LogP contribution in [0, 0.1) is 0 Å². The van der Waals surface area contributed by atoms with Crippen molar-refractivity contribution >= 4 is 0 Å². The largest absolute Gasteiger partial charge is 0.508 e. The van der Waals surface area contributed by atoms with Gasteiger partial charge in [-0.3, -0.25) is 0 Å². The van der Waals surface area contributed by atoms with Gasteiger partial charge in [0.2, 0.25) is 0 Å². The second-order valence-corrected chi connectivity index (χ2v) is 3.06. The van der Waals surface area contributed by atoms with Crippen molar-refractivity contribution in [3.05, 3.63) is 42.4 Å². The summed E-state index contributed by atoms with van der Waals surface area (Å²) in [6, 6.07) is 6.95. The standard InChI is InChI=1S/C11H11NO2/c12-5-9-6-14-7-11(9)8-1-3-10(13)4-2-8/h1-4,6-7,13H,5,12H2. The molecular formula is C11H11NO2. The van der Waals surface area contributed by atoms with Gasteiger partial charge in [-0.05, 0) is 17.7 Å². The maximum atomic E-state index is 9.13. The first-order valence-corrected chi connectivity index (χ1v) is 4.36. The van der Waals surface area contributed by atoms with E-state index in [0.29, 0.717) is 6.54 Å². The molecular weight excluding hydrogens is 178 g/mol. The van der Waals surface area contributed by atoms with Crippen molar-refractivity contribution < 1.29 is 9.52 Å². The third-order valence-electron chi connectivity index (χ3n) is 2.14. The van der Waals surface area contributed by atoms with E-state index in [2.05, 4.69) is 0 Å². The van der Waals surface area contributed by atoms with E-state index in [1.807, 2.05) is 12.1 Å².